The van der Waals surface area contributed by atoms with Gasteiger partial charge < -0.3 is 25.9 Å². The predicted molar refractivity (Wildman–Crippen MR) is 145 cm³/mol. The van der Waals surface area contributed by atoms with Crippen molar-refractivity contribution in [3.05, 3.63) is 67.3 Å². The maximum absolute atomic E-state index is 10.6. The van der Waals surface area contributed by atoms with Gasteiger partial charge in [0.25, 0.3) is 0 Å². The van der Waals surface area contributed by atoms with Crippen molar-refractivity contribution in [3.8, 4) is 22.6 Å². The molecule has 0 amide bonds. The van der Waals surface area contributed by atoms with E-state index in [9.17, 15) is 13.2 Å². The molecular formula is C27H25F3N8O3. The number of nitrogen functional groups attached to an aromatic ring is 1. The average Bonchev–Trinajstić information content (AvgIpc) is 3.62. The number of hydrogen-bond donors (Lipinski definition) is 4. The monoisotopic (exact) mass is 566 g/mol. The van der Waals surface area contributed by atoms with Crippen LogP contribution in [0.25, 0.3) is 33.7 Å². The fourth-order valence-electron chi connectivity index (χ4n) is 4.26. The number of piperidine rings is 1. The minimum absolute atomic E-state index is 0.368. The lowest BCUT2D eigenvalue weighted by atomic mass is 10.1. The van der Waals surface area contributed by atoms with Crippen molar-refractivity contribution in [1.82, 2.24) is 30.0 Å². The standard InChI is InChI=1S/C25H24N8O.C2HF3O2/c26-24-20(11-16(13-29-24)17-14-30-33(15-17)19-6-9-27-10-7-19)25-32-21-5-4-18(12-22(21)34-25)31-23-3-1-2-8-28-23;3-2(4,5)1(6)7/h1-5,8,11-15,19,27H,6-7,9-10H2,(H2,26,29)(H,28,31);(H,6,7). The second-order valence-corrected chi connectivity index (χ2v) is 9.19. The van der Waals surface area contributed by atoms with Crippen molar-refractivity contribution in [2.24, 2.45) is 0 Å². The third-order valence-corrected chi connectivity index (χ3v) is 6.33. The van der Waals surface area contributed by atoms with Crippen LogP contribution in [-0.2, 0) is 4.79 Å². The summed E-state index contributed by atoms with van der Waals surface area (Å²) in [5.41, 5.74) is 11.0. The number of anilines is 3. The van der Waals surface area contributed by atoms with Crippen LogP contribution in [0.3, 0.4) is 0 Å². The summed E-state index contributed by atoms with van der Waals surface area (Å²) in [7, 11) is 0. The molecule has 0 radical (unpaired) electrons. The highest BCUT2D eigenvalue weighted by Crippen LogP contribution is 2.33. The topological polar surface area (TPSA) is 157 Å². The van der Waals surface area contributed by atoms with E-state index in [-0.39, 0.29) is 0 Å². The molecule has 0 bridgehead atoms. The number of nitrogens with one attached hydrogen (secondary N) is 2. The highest BCUT2D eigenvalue weighted by atomic mass is 19.4. The Morgan fingerprint density at radius 1 is 1.10 bits per heavy atom. The molecule has 0 spiro atoms. The van der Waals surface area contributed by atoms with Gasteiger partial charge in [-0.15, -0.1) is 0 Å². The lowest BCUT2D eigenvalue weighted by Crippen LogP contribution is -2.29. The third-order valence-electron chi connectivity index (χ3n) is 6.33. The Morgan fingerprint density at radius 2 is 1.88 bits per heavy atom. The van der Waals surface area contributed by atoms with E-state index in [0.29, 0.717) is 28.9 Å². The summed E-state index contributed by atoms with van der Waals surface area (Å²) in [4.78, 5) is 22.2. The summed E-state index contributed by atoms with van der Waals surface area (Å²) >= 11 is 0. The number of carbonyl (C=O) groups is 1. The summed E-state index contributed by atoms with van der Waals surface area (Å²) < 4.78 is 39.9. The Morgan fingerprint density at radius 3 is 2.59 bits per heavy atom. The van der Waals surface area contributed by atoms with Crippen molar-refractivity contribution in [3.63, 3.8) is 0 Å². The van der Waals surface area contributed by atoms with Gasteiger partial charge in [0.15, 0.2) is 5.58 Å². The van der Waals surface area contributed by atoms with Gasteiger partial charge in [-0.1, -0.05) is 6.07 Å². The smallest absolute Gasteiger partial charge is 0.475 e. The molecule has 1 fully saturated rings. The fourth-order valence-corrected chi connectivity index (χ4v) is 4.26. The summed E-state index contributed by atoms with van der Waals surface area (Å²) in [6, 6.07) is 13.8. The van der Waals surface area contributed by atoms with Gasteiger partial charge in [0, 0.05) is 41.5 Å². The van der Waals surface area contributed by atoms with Crippen LogP contribution in [0.15, 0.2) is 71.7 Å². The molecule has 0 saturated carbocycles. The van der Waals surface area contributed by atoms with Crippen LogP contribution in [0.1, 0.15) is 18.9 Å². The number of rotatable bonds is 5. The van der Waals surface area contributed by atoms with Gasteiger partial charge >= 0.3 is 12.1 Å². The number of carboxylic acid groups (broad SMARTS) is 1. The largest absolute Gasteiger partial charge is 0.490 e. The quantitative estimate of drug-likeness (QED) is 0.227. The number of nitrogens with zero attached hydrogens (tertiary/aromatic N) is 5. The Labute approximate surface area is 231 Å². The van der Waals surface area contributed by atoms with Crippen LogP contribution >= 0.6 is 0 Å². The SMILES string of the molecule is Nc1ncc(-c2cnn(C3CCNCC3)c2)cc1-c1nc2ccc(Nc3ccccn3)cc2o1.O=C(O)C(F)(F)F. The molecule has 1 aliphatic heterocycles. The normalized spacial score (nSPS) is 13.9. The molecule has 212 valence electrons. The van der Waals surface area contributed by atoms with Crippen LogP contribution in [0.5, 0.6) is 0 Å². The Hall–Kier alpha value is -4.98. The predicted octanol–water partition coefficient (Wildman–Crippen LogP) is 5.03. The number of aromatic nitrogens is 5. The molecule has 11 nitrogen and oxygen atoms in total. The molecule has 5 aromatic rings. The second kappa shape index (κ2) is 11.6. The minimum Gasteiger partial charge on any atom is -0.475 e. The number of nitrogens with two attached hydrogens (primary N) is 1. The molecule has 6 rings (SSSR count). The molecule has 1 saturated heterocycles. The number of pyridine rings is 2. The molecule has 14 heteroatoms. The van der Waals surface area contributed by atoms with Crippen LogP contribution in [-0.4, -0.2) is 55.1 Å². The molecule has 41 heavy (non-hydrogen) atoms. The molecule has 0 atom stereocenters. The van der Waals surface area contributed by atoms with E-state index in [4.69, 9.17) is 20.1 Å². The van der Waals surface area contributed by atoms with Crippen LogP contribution in [0, 0.1) is 0 Å². The zero-order valence-corrected chi connectivity index (χ0v) is 21.5. The van der Waals surface area contributed by atoms with Crippen LogP contribution in [0.4, 0.5) is 30.5 Å². The minimum atomic E-state index is -5.08. The van der Waals surface area contributed by atoms with Gasteiger partial charge in [0.1, 0.15) is 17.2 Å². The number of alkyl halides is 3. The van der Waals surface area contributed by atoms with E-state index in [0.717, 1.165) is 54.1 Å². The molecule has 5 heterocycles. The molecule has 1 aromatic carbocycles. The summed E-state index contributed by atoms with van der Waals surface area (Å²) in [6.07, 6.45) is 4.53. The van der Waals surface area contributed by atoms with Gasteiger partial charge in [0.05, 0.1) is 17.8 Å². The first-order valence-corrected chi connectivity index (χ1v) is 12.6. The highest BCUT2D eigenvalue weighted by Gasteiger charge is 2.38. The number of hydrogen-bond acceptors (Lipinski definition) is 9. The summed E-state index contributed by atoms with van der Waals surface area (Å²) in [5, 5.41) is 18.4. The van der Waals surface area contributed by atoms with E-state index in [1.165, 1.54) is 0 Å². The van der Waals surface area contributed by atoms with Crippen LogP contribution in [0.2, 0.25) is 0 Å². The third kappa shape index (κ3) is 6.61. The van der Waals surface area contributed by atoms with E-state index in [1.807, 2.05) is 48.7 Å². The first-order valence-electron chi connectivity index (χ1n) is 12.6. The van der Waals surface area contributed by atoms with Gasteiger partial charge in [-0.3, -0.25) is 4.68 Å². The summed E-state index contributed by atoms with van der Waals surface area (Å²) in [5.74, 6) is -1.20. The Kier molecular flexibility index (Phi) is 7.83. The van der Waals surface area contributed by atoms with E-state index in [1.54, 1.807) is 12.4 Å². The van der Waals surface area contributed by atoms with Gasteiger partial charge in [-0.2, -0.15) is 18.3 Å². The zero-order valence-electron chi connectivity index (χ0n) is 21.5. The number of benzene rings is 1. The first-order chi connectivity index (χ1) is 19.7. The molecule has 4 aromatic heterocycles. The molecular weight excluding hydrogens is 541 g/mol. The average molecular weight is 567 g/mol. The highest BCUT2D eigenvalue weighted by molar-refractivity contribution is 5.83. The van der Waals surface area contributed by atoms with E-state index < -0.39 is 12.1 Å². The van der Waals surface area contributed by atoms with E-state index >= 15 is 0 Å². The van der Waals surface area contributed by atoms with Gasteiger partial charge in [-0.05, 0) is 56.3 Å². The van der Waals surface area contributed by atoms with Crippen molar-refractivity contribution < 1.29 is 27.5 Å². The molecule has 5 N–H and O–H groups in total. The summed E-state index contributed by atoms with van der Waals surface area (Å²) in [6.45, 7) is 2.04. The number of aliphatic carboxylic acids is 1. The van der Waals surface area contributed by atoms with Crippen molar-refractivity contribution >= 4 is 34.4 Å². The first kappa shape index (κ1) is 27.6. The Bertz CT molecular complexity index is 1650. The number of oxazole rings is 1. The van der Waals surface area contributed by atoms with Crippen molar-refractivity contribution in [2.45, 2.75) is 25.1 Å². The number of fused-ring (bicyclic) bond motifs is 1. The maximum Gasteiger partial charge on any atom is 0.490 e. The van der Waals surface area contributed by atoms with Gasteiger partial charge in [0.2, 0.25) is 5.89 Å². The Balaban J connectivity index is 0.000000431. The zero-order chi connectivity index (χ0) is 29.0. The van der Waals surface area contributed by atoms with E-state index in [2.05, 4.69) is 41.6 Å². The molecule has 0 unspecified atom stereocenters. The van der Waals surface area contributed by atoms with Gasteiger partial charge in [-0.25, -0.2) is 19.7 Å². The lowest BCUT2D eigenvalue weighted by molar-refractivity contribution is -0.192. The van der Waals surface area contributed by atoms with Crippen molar-refractivity contribution in [2.75, 3.05) is 24.1 Å². The second-order valence-electron chi connectivity index (χ2n) is 9.19. The molecule has 0 aliphatic carbocycles. The maximum atomic E-state index is 10.6. The number of halogens is 3. The van der Waals surface area contributed by atoms with Crippen molar-refractivity contribution in [1.29, 1.82) is 0 Å². The fraction of sp³-hybridized carbons (Fsp3) is 0.222. The number of carboxylic acids is 1. The lowest BCUT2D eigenvalue weighted by Gasteiger charge is -2.22. The van der Waals surface area contributed by atoms with Crippen LogP contribution < -0.4 is 16.4 Å². The molecule has 1 aliphatic rings.